The van der Waals surface area contributed by atoms with Crippen LogP contribution in [0.1, 0.15) is 57.5 Å². The molecule has 3 rings (SSSR count). The van der Waals surface area contributed by atoms with Gasteiger partial charge in [0.05, 0.1) is 10.7 Å². The third-order valence-electron chi connectivity index (χ3n) is 4.91. The van der Waals surface area contributed by atoms with Gasteiger partial charge in [0, 0.05) is 25.6 Å². The fraction of sp³-hybridized carbons (Fsp3) is 0.500. The number of thiazole rings is 1. The molecule has 2 aromatic rings. The van der Waals surface area contributed by atoms with Crippen LogP contribution in [-0.2, 0) is 6.42 Å². The molecule has 5 heteroatoms. The Balaban J connectivity index is 1.71. The standard InChI is InChI=1S/C20H27N3OS/c1-15-18(25-19(22-15)17-9-5-6-10-17)20(24)23(14-12-21)13-11-16-7-3-2-4-8-16/h2-4,7-8,17H,5-6,9-14,21H2,1H3. The summed E-state index contributed by atoms with van der Waals surface area (Å²) in [6.07, 6.45) is 5.83. The molecule has 1 amide bonds. The van der Waals surface area contributed by atoms with Gasteiger partial charge in [0.1, 0.15) is 4.88 Å². The number of nitrogens with two attached hydrogens (primary N) is 1. The minimum Gasteiger partial charge on any atom is -0.336 e. The molecule has 1 saturated carbocycles. The Hall–Kier alpha value is -1.72. The highest BCUT2D eigenvalue weighted by molar-refractivity contribution is 7.13. The Morgan fingerprint density at radius 1 is 1.24 bits per heavy atom. The van der Waals surface area contributed by atoms with Crippen molar-refractivity contribution in [2.45, 2.75) is 44.9 Å². The summed E-state index contributed by atoms with van der Waals surface area (Å²) < 4.78 is 0. The van der Waals surface area contributed by atoms with E-state index in [0.29, 0.717) is 25.6 Å². The average Bonchev–Trinajstić information content (AvgIpc) is 3.28. The maximum Gasteiger partial charge on any atom is 0.265 e. The van der Waals surface area contributed by atoms with Gasteiger partial charge in [-0.3, -0.25) is 4.79 Å². The van der Waals surface area contributed by atoms with Crippen LogP contribution in [0.25, 0.3) is 0 Å². The molecule has 2 N–H and O–H groups in total. The first-order valence-electron chi connectivity index (χ1n) is 9.19. The van der Waals surface area contributed by atoms with Crippen LogP contribution in [0.3, 0.4) is 0 Å². The minimum absolute atomic E-state index is 0.0839. The Labute approximate surface area is 154 Å². The largest absolute Gasteiger partial charge is 0.336 e. The summed E-state index contributed by atoms with van der Waals surface area (Å²) in [6.45, 7) is 3.71. The quantitative estimate of drug-likeness (QED) is 0.821. The van der Waals surface area contributed by atoms with E-state index in [1.807, 2.05) is 30.0 Å². The van der Waals surface area contributed by atoms with Crippen LogP contribution in [0.5, 0.6) is 0 Å². The second kappa shape index (κ2) is 8.59. The van der Waals surface area contributed by atoms with Gasteiger partial charge in [-0.05, 0) is 31.7 Å². The number of aromatic nitrogens is 1. The summed E-state index contributed by atoms with van der Waals surface area (Å²) in [7, 11) is 0. The van der Waals surface area contributed by atoms with E-state index in [9.17, 15) is 4.79 Å². The van der Waals surface area contributed by atoms with Gasteiger partial charge >= 0.3 is 0 Å². The lowest BCUT2D eigenvalue weighted by Crippen LogP contribution is -2.36. The lowest BCUT2D eigenvalue weighted by molar-refractivity contribution is 0.0766. The first kappa shape index (κ1) is 18.1. The highest BCUT2D eigenvalue weighted by atomic mass is 32.1. The van der Waals surface area contributed by atoms with Gasteiger partial charge in [0.25, 0.3) is 5.91 Å². The van der Waals surface area contributed by atoms with Gasteiger partial charge in [-0.1, -0.05) is 43.2 Å². The van der Waals surface area contributed by atoms with Crippen LogP contribution in [0, 0.1) is 6.92 Å². The van der Waals surface area contributed by atoms with E-state index in [4.69, 9.17) is 10.7 Å². The van der Waals surface area contributed by atoms with E-state index < -0.39 is 0 Å². The fourth-order valence-corrected chi connectivity index (χ4v) is 4.69. The first-order valence-corrected chi connectivity index (χ1v) is 10.0. The average molecular weight is 358 g/mol. The number of amides is 1. The Bertz CT molecular complexity index is 692. The molecule has 0 bridgehead atoms. The number of aryl methyl sites for hydroxylation is 1. The Kier molecular flexibility index (Phi) is 6.21. The summed E-state index contributed by atoms with van der Waals surface area (Å²) >= 11 is 1.60. The summed E-state index contributed by atoms with van der Waals surface area (Å²) in [5.41, 5.74) is 7.87. The van der Waals surface area contributed by atoms with E-state index in [0.717, 1.165) is 22.0 Å². The van der Waals surface area contributed by atoms with Crippen LogP contribution in [-0.4, -0.2) is 35.4 Å². The van der Waals surface area contributed by atoms with Crippen molar-refractivity contribution in [2.24, 2.45) is 5.73 Å². The summed E-state index contributed by atoms with van der Waals surface area (Å²) in [5, 5.41) is 1.15. The highest BCUT2D eigenvalue weighted by Crippen LogP contribution is 2.37. The number of carbonyl (C=O) groups is 1. The predicted molar refractivity (Wildman–Crippen MR) is 103 cm³/mol. The molecule has 1 aliphatic carbocycles. The number of hydrogen-bond donors (Lipinski definition) is 1. The summed E-state index contributed by atoms with van der Waals surface area (Å²) in [6, 6.07) is 10.3. The van der Waals surface area contributed by atoms with Crippen LogP contribution < -0.4 is 5.73 Å². The SMILES string of the molecule is Cc1nc(C2CCCC2)sc1C(=O)N(CCN)CCc1ccccc1. The number of hydrogen-bond acceptors (Lipinski definition) is 4. The molecule has 1 heterocycles. The summed E-state index contributed by atoms with van der Waals surface area (Å²) in [4.78, 5) is 20.4. The Morgan fingerprint density at radius 3 is 2.64 bits per heavy atom. The zero-order chi connectivity index (χ0) is 17.6. The normalized spacial score (nSPS) is 14.8. The molecule has 0 saturated heterocycles. The molecule has 0 unspecified atom stereocenters. The van der Waals surface area contributed by atoms with Crippen LogP contribution in [0.2, 0.25) is 0 Å². The van der Waals surface area contributed by atoms with Crippen molar-refractivity contribution in [3.05, 3.63) is 51.5 Å². The number of carbonyl (C=O) groups excluding carboxylic acids is 1. The highest BCUT2D eigenvalue weighted by Gasteiger charge is 2.25. The van der Waals surface area contributed by atoms with Crippen LogP contribution >= 0.6 is 11.3 Å². The van der Waals surface area contributed by atoms with Gasteiger partial charge in [-0.25, -0.2) is 4.98 Å². The second-order valence-corrected chi connectivity index (χ2v) is 7.80. The maximum absolute atomic E-state index is 13.0. The first-order chi connectivity index (χ1) is 12.2. The molecule has 4 nitrogen and oxygen atoms in total. The molecule has 1 aliphatic rings. The van der Waals surface area contributed by atoms with Crippen molar-refractivity contribution in [3.63, 3.8) is 0 Å². The molecular formula is C20H27N3OS. The lowest BCUT2D eigenvalue weighted by atomic mass is 10.1. The van der Waals surface area contributed by atoms with E-state index >= 15 is 0 Å². The van der Waals surface area contributed by atoms with Gasteiger partial charge in [0.15, 0.2) is 0 Å². The van der Waals surface area contributed by atoms with E-state index in [1.165, 1.54) is 31.2 Å². The monoisotopic (exact) mass is 357 g/mol. The number of rotatable bonds is 7. The molecule has 0 radical (unpaired) electrons. The van der Waals surface area contributed by atoms with Gasteiger partial charge in [-0.2, -0.15) is 0 Å². The smallest absolute Gasteiger partial charge is 0.265 e. The van der Waals surface area contributed by atoms with Crippen molar-refractivity contribution in [2.75, 3.05) is 19.6 Å². The summed E-state index contributed by atoms with van der Waals surface area (Å²) in [5.74, 6) is 0.637. The third-order valence-corrected chi connectivity index (χ3v) is 6.22. The molecular weight excluding hydrogens is 330 g/mol. The van der Waals surface area contributed by atoms with Crippen LogP contribution in [0.4, 0.5) is 0 Å². The van der Waals surface area contributed by atoms with Crippen molar-refractivity contribution in [1.82, 2.24) is 9.88 Å². The van der Waals surface area contributed by atoms with Crippen molar-refractivity contribution in [3.8, 4) is 0 Å². The molecule has 0 atom stereocenters. The molecule has 1 aromatic carbocycles. The molecule has 1 fully saturated rings. The topological polar surface area (TPSA) is 59.2 Å². The zero-order valence-corrected chi connectivity index (χ0v) is 15.7. The minimum atomic E-state index is 0.0839. The maximum atomic E-state index is 13.0. The number of benzene rings is 1. The van der Waals surface area contributed by atoms with Crippen molar-refractivity contribution >= 4 is 17.2 Å². The lowest BCUT2D eigenvalue weighted by Gasteiger charge is -2.21. The zero-order valence-electron chi connectivity index (χ0n) is 14.9. The third kappa shape index (κ3) is 4.47. The van der Waals surface area contributed by atoms with Crippen LogP contribution in [0.15, 0.2) is 30.3 Å². The second-order valence-electron chi connectivity index (χ2n) is 6.76. The van der Waals surface area contributed by atoms with Gasteiger partial charge < -0.3 is 10.6 Å². The van der Waals surface area contributed by atoms with E-state index in [1.54, 1.807) is 11.3 Å². The molecule has 25 heavy (non-hydrogen) atoms. The van der Waals surface area contributed by atoms with E-state index in [-0.39, 0.29) is 5.91 Å². The van der Waals surface area contributed by atoms with E-state index in [2.05, 4.69) is 12.1 Å². The number of nitrogens with zero attached hydrogens (tertiary/aromatic N) is 2. The predicted octanol–water partition coefficient (Wildman–Crippen LogP) is 3.75. The molecule has 0 aliphatic heterocycles. The van der Waals surface area contributed by atoms with Crippen molar-refractivity contribution in [1.29, 1.82) is 0 Å². The van der Waals surface area contributed by atoms with Crippen molar-refractivity contribution < 1.29 is 4.79 Å². The fourth-order valence-electron chi connectivity index (χ4n) is 3.49. The molecule has 1 aromatic heterocycles. The molecule has 0 spiro atoms. The Morgan fingerprint density at radius 2 is 1.96 bits per heavy atom. The van der Waals surface area contributed by atoms with Gasteiger partial charge in [-0.15, -0.1) is 11.3 Å². The molecule has 134 valence electrons. The van der Waals surface area contributed by atoms with Gasteiger partial charge in [0.2, 0.25) is 0 Å².